The predicted octanol–water partition coefficient (Wildman–Crippen LogP) is 29.1. The van der Waals surface area contributed by atoms with Gasteiger partial charge in [0.1, 0.15) is 0 Å². The standard InChI is InChI=1S/C117H82N12/c1-7-27-82(68-76(6)112-120-113(79-28-11-8-12-29-79)123-116(121-112)90-37-23-42-103(126-96-39-20-17-34-86(96)92-66-74(4)50-60-99(92)126)108(90)110-105(44-25-64-118-110)127-97-40-21-18-35-87(97)93-67-75(5)51-61-100(93)127)85-56-59-89-95-70-84(78-54-48-73(3)49-55-78)58-63-102(95)129(107(89)71-85)104-43-24-38-91(117-124-114(80-30-13-9-14-31-80)122-115(125-117)81-32-15-10-16-33-81)109(104)111-106(45-26-65-119-111)128-98-41-22-19-36-88(98)94-69-83(57-62-101(94)128)77-52-46-72(2)47-53-77/h7-71H,1H2,2-6H3/b76-68+,82-27+. The molecular weight excluding hydrogens is 1570 g/mol. The molecule has 0 aliphatic rings. The number of pyridine rings is 2. The Morgan fingerprint density at radius 2 is 0.612 bits per heavy atom. The van der Waals surface area contributed by atoms with Gasteiger partial charge in [-0.15, -0.1) is 0 Å². The lowest BCUT2D eigenvalue weighted by atomic mass is 9.98. The lowest BCUT2D eigenvalue weighted by Crippen LogP contribution is -2.07. The van der Waals surface area contributed by atoms with E-state index in [1.54, 1.807) is 0 Å². The Hall–Kier alpha value is -17.0. The molecule has 0 aliphatic carbocycles. The Bertz CT molecular complexity index is 8490. The van der Waals surface area contributed by atoms with Crippen molar-refractivity contribution in [3.63, 3.8) is 0 Å². The molecule has 0 saturated heterocycles. The largest absolute Gasteiger partial charge is 0.309 e. The minimum Gasteiger partial charge on any atom is -0.309 e. The molecular formula is C117H82N12. The fraction of sp³-hybridized carbons (Fsp3) is 0.0427. The van der Waals surface area contributed by atoms with Crippen LogP contribution >= 0.6 is 0 Å². The zero-order chi connectivity index (χ0) is 86.5. The van der Waals surface area contributed by atoms with Crippen LogP contribution in [-0.2, 0) is 0 Å². The van der Waals surface area contributed by atoms with Crippen molar-refractivity contribution in [2.45, 2.75) is 34.6 Å². The van der Waals surface area contributed by atoms with Gasteiger partial charge in [0.15, 0.2) is 34.9 Å². The van der Waals surface area contributed by atoms with E-state index in [1.807, 2.05) is 85.2 Å². The topological polar surface area (TPSA) is 123 Å². The van der Waals surface area contributed by atoms with E-state index in [0.29, 0.717) is 34.9 Å². The van der Waals surface area contributed by atoms with E-state index in [4.69, 9.17) is 39.9 Å². The van der Waals surface area contributed by atoms with Gasteiger partial charge >= 0.3 is 0 Å². The Morgan fingerprint density at radius 3 is 1.07 bits per heavy atom. The highest BCUT2D eigenvalue weighted by Gasteiger charge is 2.30. The molecule has 0 radical (unpaired) electrons. The SMILES string of the molecule is C=C/C=C(\C=C(/C)c1nc(-c2ccccc2)nc(-c2cccc(-n3c4ccccc4c4cc(C)ccc43)c2-c2ncccc2-n2c3ccccc3c3cc(C)ccc32)n1)c1ccc2c3cc(-c4ccc(C)cc4)ccc3n(-c3cccc(-c4nc(-c5ccccc5)nc(-c5ccccc5)n4)c3-c3ncccc3-n3c4ccccc4c4cc(-c5ccc(C)cc5)ccc43)c2c1. The first-order valence-corrected chi connectivity index (χ1v) is 43.6. The Morgan fingerprint density at radius 1 is 0.264 bits per heavy atom. The number of aromatic nitrogens is 12. The van der Waals surface area contributed by atoms with Gasteiger partial charge in [0.2, 0.25) is 0 Å². The maximum atomic E-state index is 5.73. The number of hydrogen-bond donors (Lipinski definition) is 0. The van der Waals surface area contributed by atoms with Crippen LogP contribution in [0.15, 0.2) is 401 Å². The van der Waals surface area contributed by atoms with Crippen molar-refractivity contribution in [1.29, 1.82) is 0 Å². The van der Waals surface area contributed by atoms with Gasteiger partial charge in [-0.05, 0) is 189 Å². The minimum atomic E-state index is 0.476. The molecule has 0 aliphatic heterocycles. The predicted molar refractivity (Wildman–Crippen MR) is 532 cm³/mol. The molecule has 23 rings (SSSR count). The van der Waals surface area contributed by atoms with Gasteiger partial charge in [0.25, 0.3) is 0 Å². The van der Waals surface area contributed by atoms with Crippen molar-refractivity contribution >= 4 is 98.4 Å². The third-order valence-electron chi connectivity index (χ3n) is 25.2. The molecule has 12 heteroatoms. The van der Waals surface area contributed by atoms with E-state index in [0.717, 1.165) is 199 Å². The van der Waals surface area contributed by atoms with Crippen molar-refractivity contribution < 1.29 is 0 Å². The van der Waals surface area contributed by atoms with E-state index in [9.17, 15) is 0 Å². The summed E-state index contributed by atoms with van der Waals surface area (Å²) in [6.45, 7) is 15.1. The van der Waals surface area contributed by atoms with E-state index in [1.165, 1.54) is 22.3 Å². The van der Waals surface area contributed by atoms with Crippen LogP contribution < -0.4 is 0 Å². The Labute approximate surface area is 745 Å². The summed E-state index contributed by atoms with van der Waals surface area (Å²) < 4.78 is 9.58. The van der Waals surface area contributed by atoms with Crippen molar-refractivity contribution in [3.05, 3.63) is 435 Å². The third kappa shape index (κ3) is 13.4. The summed E-state index contributed by atoms with van der Waals surface area (Å²) in [6, 6.07) is 130. The molecule has 0 bridgehead atoms. The van der Waals surface area contributed by atoms with Crippen LogP contribution in [0.3, 0.4) is 0 Å². The molecule has 23 aromatic rings. The van der Waals surface area contributed by atoms with E-state index >= 15 is 0 Å². The van der Waals surface area contributed by atoms with Gasteiger partial charge in [0, 0.05) is 94.4 Å². The molecule has 0 unspecified atom stereocenters. The normalized spacial score (nSPS) is 12.0. The molecule has 8 heterocycles. The fourth-order valence-corrected chi connectivity index (χ4v) is 19.1. The number of allylic oxidation sites excluding steroid dienone is 5. The number of aryl methyl sites for hydroxylation is 4. The number of nitrogens with zero attached hydrogens (tertiary/aromatic N) is 12. The first-order chi connectivity index (χ1) is 63.5. The Balaban J connectivity index is 0.752. The Kier molecular flexibility index (Phi) is 18.9. The quantitative estimate of drug-likeness (QED) is 0.0826. The van der Waals surface area contributed by atoms with Crippen molar-refractivity contribution in [3.8, 4) is 124 Å². The van der Waals surface area contributed by atoms with Crippen molar-refractivity contribution in [1.82, 2.24) is 58.1 Å². The first-order valence-electron chi connectivity index (χ1n) is 43.6. The van der Waals surface area contributed by atoms with Gasteiger partial charge in [-0.25, -0.2) is 29.9 Å². The molecule has 129 heavy (non-hydrogen) atoms. The van der Waals surface area contributed by atoms with Crippen LogP contribution in [0.4, 0.5) is 0 Å². The number of para-hydroxylation sites is 3. The monoisotopic (exact) mass is 1650 g/mol. The molecule has 12 nitrogen and oxygen atoms in total. The van der Waals surface area contributed by atoms with Crippen LogP contribution in [0.2, 0.25) is 0 Å². The highest BCUT2D eigenvalue weighted by atomic mass is 15.1. The van der Waals surface area contributed by atoms with Crippen LogP contribution in [0.1, 0.15) is 40.6 Å². The summed E-state index contributed by atoms with van der Waals surface area (Å²) in [5, 5.41) is 8.95. The molecule has 610 valence electrons. The molecule has 8 aromatic heterocycles. The van der Waals surface area contributed by atoms with E-state index < -0.39 is 0 Å². The molecule has 0 N–H and O–H groups in total. The summed E-state index contributed by atoms with van der Waals surface area (Å²) in [5.41, 5.74) is 30.8. The molecule has 0 amide bonds. The first kappa shape index (κ1) is 76.9. The molecule has 0 atom stereocenters. The van der Waals surface area contributed by atoms with Crippen molar-refractivity contribution in [2.24, 2.45) is 0 Å². The minimum absolute atomic E-state index is 0.476. The fourth-order valence-electron chi connectivity index (χ4n) is 19.1. The summed E-state index contributed by atoms with van der Waals surface area (Å²) in [5.74, 6) is 3.04. The molecule has 0 saturated carbocycles. The average molecular weight is 1660 g/mol. The second-order valence-corrected chi connectivity index (χ2v) is 33.4. The lowest BCUT2D eigenvalue weighted by Gasteiger charge is -2.21. The van der Waals surface area contributed by atoms with Gasteiger partial charge in [-0.2, -0.15) is 0 Å². The maximum absolute atomic E-state index is 5.73. The zero-order valence-corrected chi connectivity index (χ0v) is 71.6. The summed E-state index contributed by atoms with van der Waals surface area (Å²) in [7, 11) is 0. The number of hydrogen-bond acceptors (Lipinski definition) is 8. The van der Waals surface area contributed by atoms with Crippen LogP contribution in [0.5, 0.6) is 0 Å². The van der Waals surface area contributed by atoms with Crippen molar-refractivity contribution in [2.75, 3.05) is 0 Å². The van der Waals surface area contributed by atoms with Crippen LogP contribution in [0, 0.1) is 27.7 Å². The van der Waals surface area contributed by atoms with Crippen LogP contribution in [0.25, 0.3) is 223 Å². The van der Waals surface area contributed by atoms with Gasteiger partial charge < -0.3 is 18.3 Å². The summed E-state index contributed by atoms with van der Waals surface area (Å²) in [4.78, 5) is 44.4. The van der Waals surface area contributed by atoms with E-state index in [2.05, 4.69) is 369 Å². The van der Waals surface area contributed by atoms with Gasteiger partial charge in [-0.3, -0.25) is 9.97 Å². The van der Waals surface area contributed by atoms with Gasteiger partial charge in [0.05, 0.1) is 78.3 Å². The highest BCUT2D eigenvalue weighted by molar-refractivity contribution is 6.16. The molecule has 0 spiro atoms. The number of fused-ring (bicyclic) bond motifs is 12. The highest BCUT2D eigenvalue weighted by Crippen LogP contribution is 2.49. The molecule has 15 aromatic carbocycles. The lowest BCUT2D eigenvalue weighted by molar-refractivity contribution is 1.03. The van der Waals surface area contributed by atoms with Crippen LogP contribution in [-0.4, -0.2) is 58.1 Å². The second kappa shape index (κ2) is 31.7. The average Bonchev–Trinajstić information content (AvgIpc) is 1.59. The summed E-state index contributed by atoms with van der Waals surface area (Å²) >= 11 is 0. The molecule has 0 fully saturated rings. The van der Waals surface area contributed by atoms with Gasteiger partial charge in [-0.1, -0.05) is 296 Å². The second-order valence-electron chi connectivity index (χ2n) is 33.4. The zero-order valence-electron chi connectivity index (χ0n) is 71.6. The van der Waals surface area contributed by atoms with E-state index in [-0.39, 0.29) is 0 Å². The maximum Gasteiger partial charge on any atom is 0.164 e. The number of benzene rings is 15. The third-order valence-corrected chi connectivity index (χ3v) is 25.2. The smallest absolute Gasteiger partial charge is 0.164 e. The summed E-state index contributed by atoms with van der Waals surface area (Å²) in [6.07, 6.45) is 9.95. The number of rotatable bonds is 17.